The first-order valence-electron chi connectivity index (χ1n) is 10.8. The zero-order valence-corrected chi connectivity index (χ0v) is 20.2. The van der Waals surface area contributed by atoms with Gasteiger partial charge in [0.25, 0.3) is 5.01 Å². The molecule has 1 aliphatic heterocycles. The Hall–Kier alpha value is -3.10. The fourth-order valence-electron chi connectivity index (χ4n) is 3.56. The second kappa shape index (κ2) is 10.7. The lowest BCUT2D eigenvalue weighted by Gasteiger charge is -2.18. The summed E-state index contributed by atoms with van der Waals surface area (Å²) in [4.78, 5) is 27.4. The van der Waals surface area contributed by atoms with Crippen molar-refractivity contribution < 1.29 is 23.6 Å². The van der Waals surface area contributed by atoms with Crippen LogP contribution in [0.15, 0.2) is 70.6 Å². The minimum Gasteiger partial charge on any atom is -0.465 e. The summed E-state index contributed by atoms with van der Waals surface area (Å²) in [7, 11) is 0. The number of benzene rings is 2. The Bertz CT molecular complexity index is 1230. The monoisotopic (exact) mass is 481 g/mol. The number of thioether (sulfide) groups is 1. The number of esters is 2. The van der Waals surface area contributed by atoms with Crippen LogP contribution in [-0.4, -0.2) is 31.7 Å². The van der Waals surface area contributed by atoms with Crippen molar-refractivity contribution in [2.45, 2.75) is 25.3 Å². The molecule has 33 heavy (non-hydrogen) atoms. The minimum absolute atomic E-state index is 0.156. The lowest BCUT2D eigenvalue weighted by Crippen LogP contribution is -2.39. The topological polar surface area (TPSA) is 59.7 Å². The third-order valence-corrected chi connectivity index (χ3v) is 7.20. The molecule has 2 heterocycles. The molecule has 170 valence electrons. The minimum atomic E-state index is -0.263. The number of hydrogen-bond donors (Lipinski definition) is 0. The standard InChI is InChI=1S/C25H25N2O4S2/c1-3-30-24(28)16-26-18-10-5-7-12-20(18)32-22(26)14-9-15-23-27(17-25(29)31-4-2)19-11-6-8-13-21(19)33-23/h5-15H,3-4,16-17H2,1-2H3/q+1. The Morgan fingerprint density at radius 2 is 1.73 bits per heavy atom. The predicted octanol–water partition coefficient (Wildman–Crippen LogP) is 4.78. The average Bonchev–Trinajstić information content (AvgIpc) is 3.32. The molecule has 0 atom stereocenters. The fraction of sp³-hybridized carbons (Fsp3) is 0.240. The van der Waals surface area contributed by atoms with E-state index in [1.165, 1.54) is 0 Å². The van der Waals surface area contributed by atoms with Gasteiger partial charge < -0.3 is 14.4 Å². The van der Waals surface area contributed by atoms with Gasteiger partial charge in [-0.15, -0.1) is 0 Å². The van der Waals surface area contributed by atoms with Gasteiger partial charge in [0.15, 0.2) is 0 Å². The third kappa shape index (κ3) is 5.29. The van der Waals surface area contributed by atoms with Crippen molar-refractivity contribution in [3.63, 3.8) is 0 Å². The largest absolute Gasteiger partial charge is 0.465 e. The number of thiazole rings is 1. The molecule has 1 aliphatic rings. The molecule has 0 radical (unpaired) electrons. The van der Waals surface area contributed by atoms with Crippen molar-refractivity contribution in [3.05, 3.63) is 70.7 Å². The van der Waals surface area contributed by atoms with E-state index in [0.717, 1.165) is 30.8 Å². The van der Waals surface area contributed by atoms with Gasteiger partial charge in [-0.05, 0) is 38.1 Å². The van der Waals surface area contributed by atoms with Crippen LogP contribution in [-0.2, 0) is 25.6 Å². The van der Waals surface area contributed by atoms with Gasteiger partial charge in [0.2, 0.25) is 12.1 Å². The van der Waals surface area contributed by atoms with Crippen molar-refractivity contribution in [3.8, 4) is 0 Å². The molecule has 0 fully saturated rings. The van der Waals surface area contributed by atoms with Crippen LogP contribution in [0, 0.1) is 0 Å². The highest BCUT2D eigenvalue weighted by molar-refractivity contribution is 8.03. The zero-order chi connectivity index (χ0) is 23.2. The highest BCUT2D eigenvalue weighted by Crippen LogP contribution is 2.45. The first kappa shape index (κ1) is 23.1. The number of hydrogen-bond acceptors (Lipinski definition) is 7. The first-order chi connectivity index (χ1) is 16.1. The van der Waals surface area contributed by atoms with Gasteiger partial charge in [-0.25, -0.2) is 4.79 Å². The number of anilines is 1. The van der Waals surface area contributed by atoms with Crippen molar-refractivity contribution in [1.29, 1.82) is 0 Å². The summed E-state index contributed by atoms with van der Waals surface area (Å²) in [5.41, 5.74) is 1.99. The Labute approximate surface area is 201 Å². The van der Waals surface area contributed by atoms with Crippen LogP contribution >= 0.6 is 23.1 Å². The quantitative estimate of drug-likeness (QED) is 0.341. The molecule has 0 bridgehead atoms. The summed E-state index contributed by atoms with van der Waals surface area (Å²) in [6, 6.07) is 16.0. The maximum atomic E-state index is 12.2. The summed E-state index contributed by atoms with van der Waals surface area (Å²) in [6.45, 7) is 4.63. The van der Waals surface area contributed by atoms with E-state index in [0.29, 0.717) is 13.2 Å². The Kier molecular flexibility index (Phi) is 7.47. The van der Waals surface area contributed by atoms with Crippen LogP contribution in [0.3, 0.4) is 0 Å². The summed E-state index contributed by atoms with van der Waals surface area (Å²) in [6.07, 6.45) is 5.94. The van der Waals surface area contributed by atoms with Crippen LogP contribution in [0.4, 0.5) is 5.69 Å². The maximum absolute atomic E-state index is 12.2. The lowest BCUT2D eigenvalue weighted by molar-refractivity contribution is -0.657. The molecular weight excluding hydrogens is 456 g/mol. The van der Waals surface area contributed by atoms with Crippen LogP contribution in [0.5, 0.6) is 0 Å². The number of fused-ring (bicyclic) bond motifs is 2. The van der Waals surface area contributed by atoms with Gasteiger partial charge in [0, 0.05) is 17.0 Å². The molecule has 0 aliphatic carbocycles. The molecular formula is C25H25N2O4S2+. The summed E-state index contributed by atoms with van der Waals surface area (Å²) in [5.74, 6) is -0.525. The molecule has 0 saturated carbocycles. The first-order valence-corrected chi connectivity index (χ1v) is 12.4. The summed E-state index contributed by atoms with van der Waals surface area (Å²) >= 11 is 3.23. The number of aromatic nitrogens is 1. The van der Waals surface area contributed by atoms with Crippen molar-refractivity contribution in [2.75, 3.05) is 24.7 Å². The molecule has 6 nitrogen and oxygen atoms in total. The van der Waals surface area contributed by atoms with E-state index in [-0.39, 0.29) is 25.0 Å². The fourth-order valence-corrected chi connectivity index (χ4v) is 5.71. The van der Waals surface area contributed by atoms with E-state index in [1.807, 2.05) is 76.2 Å². The zero-order valence-electron chi connectivity index (χ0n) is 18.5. The highest BCUT2D eigenvalue weighted by atomic mass is 32.2. The maximum Gasteiger partial charge on any atom is 0.372 e. The highest BCUT2D eigenvalue weighted by Gasteiger charge is 2.27. The van der Waals surface area contributed by atoms with Gasteiger partial charge in [0.05, 0.1) is 23.9 Å². The summed E-state index contributed by atoms with van der Waals surface area (Å²) in [5, 5.41) is 1.89. The second-order valence-electron chi connectivity index (χ2n) is 7.12. The van der Waals surface area contributed by atoms with Crippen LogP contribution < -0.4 is 9.47 Å². The third-order valence-electron chi connectivity index (χ3n) is 4.94. The van der Waals surface area contributed by atoms with E-state index in [2.05, 4.69) is 0 Å². The van der Waals surface area contributed by atoms with Crippen LogP contribution in [0.1, 0.15) is 18.9 Å². The van der Waals surface area contributed by atoms with E-state index < -0.39 is 0 Å². The lowest BCUT2D eigenvalue weighted by atomic mass is 10.3. The molecule has 0 N–H and O–H groups in total. The Morgan fingerprint density at radius 3 is 2.55 bits per heavy atom. The van der Waals surface area contributed by atoms with Crippen molar-refractivity contribution in [2.24, 2.45) is 0 Å². The number of carbonyl (C=O) groups is 2. The Morgan fingerprint density at radius 1 is 1.00 bits per heavy atom. The summed E-state index contributed by atoms with van der Waals surface area (Å²) < 4.78 is 13.4. The molecule has 8 heteroatoms. The number of ether oxygens (including phenoxy) is 2. The molecule has 1 aromatic heterocycles. The molecule has 2 aromatic carbocycles. The predicted molar refractivity (Wildman–Crippen MR) is 132 cm³/mol. The van der Waals surface area contributed by atoms with E-state index in [9.17, 15) is 9.59 Å². The van der Waals surface area contributed by atoms with Crippen molar-refractivity contribution in [1.82, 2.24) is 0 Å². The number of rotatable bonds is 8. The molecule has 0 saturated heterocycles. The van der Waals surface area contributed by atoms with E-state index in [1.54, 1.807) is 36.9 Å². The van der Waals surface area contributed by atoms with Gasteiger partial charge in [0.1, 0.15) is 11.2 Å². The van der Waals surface area contributed by atoms with E-state index in [4.69, 9.17) is 9.47 Å². The average molecular weight is 482 g/mol. The van der Waals surface area contributed by atoms with Crippen molar-refractivity contribution >= 4 is 57.0 Å². The van der Waals surface area contributed by atoms with E-state index >= 15 is 0 Å². The normalized spacial score (nSPS) is 14.2. The molecule has 3 aromatic rings. The molecule has 0 unspecified atom stereocenters. The smallest absolute Gasteiger partial charge is 0.372 e. The molecule has 0 amide bonds. The number of para-hydroxylation sites is 2. The van der Waals surface area contributed by atoms with Gasteiger partial charge in [-0.1, -0.05) is 53.4 Å². The number of carbonyl (C=O) groups excluding carboxylic acids is 2. The van der Waals surface area contributed by atoms with Gasteiger partial charge in [-0.3, -0.25) is 4.79 Å². The molecule has 0 spiro atoms. The number of nitrogens with zero attached hydrogens (tertiary/aromatic N) is 2. The van der Waals surface area contributed by atoms with Crippen LogP contribution in [0.25, 0.3) is 16.3 Å². The second-order valence-corrected chi connectivity index (χ2v) is 9.25. The van der Waals surface area contributed by atoms with Gasteiger partial charge >= 0.3 is 11.9 Å². The molecule has 4 rings (SSSR count). The van der Waals surface area contributed by atoms with Crippen LogP contribution in [0.2, 0.25) is 0 Å². The van der Waals surface area contributed by atoms with Gasteiger partial charge in [-0.2, -0.15) is 4.57 Å². The number of allylic oxidation sites excluding steroid dienone is 2. The SMILES string of the molecule is CCOC(=O)CN1/C(=C/C=C/c2sc3ccccc3[n+]2CC(=O)OCC)Sc2ccccc21. The Balaban J connectivity index is 1.62.